The van der Waals surface area contributed by atoms with E-state index in [1.165, 1.54) is 29.6 Å². The lowest BCUT2D eigenvalue weighted by molar-refractivity contribution is 0.102. The summed E-state index contributed by atoms with van der Waals surface area (Å²) in [5.41, 5.74) is 1.56. The maximum absolute atomic E-state index is 13.0. The normalized spacial score (nSPS) is 15.9. The molecule has 1 saturated heterocycles. The van der Waals surface area contributed by atoms with Crippen molar-refractivity contribution in [3.8, 4) is 5.75 Å². The number of aryl methyl sites for hydroxylation is 1. The zero-order valence-corrected chi connectivity index (χ0v) is 18.3. The van der Waals surface area contributed by atoms with Gasteiger partial charge in [0, 0.05) is 23.8 Å². The highest BCUT2D eigenvalue weighted by molar-refractivity contribution is 7.89. The Morgan fingerprint density at radius 3 is 2.48 bits per heavy atom. The van der Waals surface area contributed by atoms with Crippen molar-refractivity contribution >= 4 is 33.2 Å². The average Bonchev–Trinajstić information content (AvgIpc) is 2.70. The predicted octanol–water partition coefficient (Wildman–Crippen LogP) is 4.33. The molecule has 6 nitrogen and oxygen atoms in total. The van der Waals surface area contributed by atoms with Gasteiger partial charge in [-0.05, 0) is 61.6 Å². The fourth-order valence-corrected chi connectivity index (χ4v) is 4.95. The molecule has 1 aliphatic heterocycles. The number of carbonyl (C=O) groups is 1. The number of piperidine rings is 1. The summed E-state index contributed by atoms with van der Waals surface area (Å²) in [5, 5.41) is 3.29. The van der Waals surface area contributed by atoms with Gasteiger partial charge in [-0.2, -0.15) is 4.31 Å². The minimum Gasteiger partial charge on any atom is -0.496 e. The lowest BCUT2D eigenvalue weighted by Gasteiger charge is -2.29. The first-order chi connectivity index (χ1) is 13.7. The predicted molar refractivity (Wildman–Crippen MR) is 114 cm³/mol. The van der Waals surface area contributed by atoms with Crippen molar-refractivity contribution in [1.82, 2.24) is 4.31 Å². The number of nitrogens with one attached hydrogen (secondary N) is 1. The van der Waals surface area contributed by atoms with E-state index in [1.54, 1.807) is 18.2 Å². The van der Waals surface area contributed by atoms with Crippen LogP contribution >= 0.6 is 11.6 Å². The monoisotopic (exact) mass is 436 g/mol. The number of methoxy groups -OCH3 is 1. The topological polar surface area (TPSA) is 75.7 Å². The lowest BCUT2D eigenvalue weighted by Crippen LogP contribution is -2.37. The SMILES string of the molecule is COc1ccc(S(=O)(=O)N2CCC(C)CC2)cc1C(=O)Nc1ccc(C)c(Cl)c1. The highest BCUT2D eigenvalue weighted by Gasteiger charge is 2.29. The fraction of sp³-hybridized carbons (Fsp3) is 0.381. The van der Waals surface area contributed by atoms with Crippen LogP contribution in [0.4, 0.5) is 5.69 Å². The number of ether oxygens (including phenoxy) is 1. The molecule has 2 aromatic rings. The molecule has 0 saturated carbocycles. The van der Waals surface area contributed by atoms with Crippen molar-refractivity contribution < 1.29 is 17.9 Å². The largest absolute Gasteiger partial charge is 0.496 e. The van der Waals surface area contributed by atoms with Crippen LogP contribution in [0.2, 0.25) is 5.02 Å². The van der Waals surface area contributed by atoms with E-state index in [0.717, 1.165) is 18.4 Å². The second-order valence-electron chi connectivity index (χ2n) is 7.37. The maximum atomic E-state index is 13.0. The van der Waals surface area contributed by atoms with Crippen LogP contribution in [-0.4, -0.2) is 38.8 Å². The van der Waals surface area contributed by atoms with Crippen LogP contribution in [-0.2, 0) is 10.0 Å². The number of halogens is 1. The van der Waals surface area contributed by atoms with Crippen LogP contribution in [0.15, 0.2) is 41.3 Å². The van der Waals surface area contributed by atoms with Gasteiger partial charge in [-0.3, -0.25) is 4.79 Å². The van der Waals surface area contributed by atoms with E-state index in [9.17, 15) is 13.2 Å². The summed E-state index contributed by atoms with van der Waals surface area (Å²) in [6.45, 7) is 4.96. The molecule has 8 heteroatoms. The van der Waals surface area contributed by atoms with E-state index < -0.39 is 15.9 Å². The molecule has 1 heterocycles. The summed E-state index contributed by atoms with van der Waals surface area (Å²) < 4.78 is 32.9. The molecular weight excluding hydrogens is 412 g/mol. The number of rotatable bonds is 5. The molecular formula is C21H25ClN2O4S. The van der Waals surface area contributed by atoms with Gasteiger partial charge in [0.25, 0.3) is 5.91 Å². The molecule has 156 valence electrons. The van der Waals surface area contributed by atoms with Crippen LogP contribution in [0, 0.1) is 12.8 Å². The Morgan fingerprint density at radius 2 is 1.86 bits per heavy atom. The number of hydrogen-bond acceptors (Lipinski definition) is 4. The molecule has 0 aliphatic carbocycles. The Morgan fingerprint density at radius 1 is 1.17 bits per heavy atom. The van der Waals surface area contributed by atoms with Crippen LogP contribution in [0.1, 0.15) is 35.7 Å². The van der Waals surface area contributed by atoms with Crippen LogP contribution in [0.3, 0.4) is 0 Å². The molecule has 0 aromatic heterocycles. The second kappa shape index (κ2) is 8.73. The number of hydrogen-bond donors (Lipinski definition) is 1. The van der Waals surface area contributed by atoms with Gasteiger partial charge in [0.15, 0.2) is 0 Å². The number of benzene rings is 2. The third-order valence-electron chi connectivity index (χ3n) is 5.23. The third-order valence-corrected chi connectivity index (χ3v) is 7.53. The number of amides is 1. The van der Waals surface area contributed by atoms with E-state index in [1.807, 2.05) is 6.92 Å². The van der Waals surface area contributed by atoms with Gasteiger partial charge in [0.1, 0.15) is 5.75 Å². The Labute approximate surface area is 176 Å². The van der Waals surface area contributed by atoms with Crippen molar-refractivity contribution in [2.45, 2.75) is 31.6 Å². The summed E-state index contributed by atoms with van der Waals surface area (Å²) in [6, 6.07) is 9.55. The number of sulfonamides is 1. The van der Waals surface area contributed by atoms with Crippen molar-refractivity contribution in [2.24, 2.45) is 5.92 Å². The van der Waals surface area contributed by atoms with Crippen molar-refractivity contribution in [1.29, 1.82) is 0 Å². The van der Waals surface area contributed by atoms with E-state index in [2.05, 4.69) is 12.2 Å². The molecule has 0 atom stereocenters. The van der Waals surface area contributed by atoms with E-state index in [-0.39, 0.29) is 10.5 Å². The standard InChI is InChI=1S/C21H25ClN2O4S/c1-14-8-10-24(11-9-14)29(26,27)17-6-7-20(28-3)18(13-17)21(25)23-16-5-4-15(2)19(22)12-16/h4-7,12-14H,8-11H2,1-3H3,(H,23,25). The third kappa shape index (κ3) is 4.74. The zero-order chi connectivity index (χ0) is 21.2. The first kappa shape index (κ1) is 21.6. The summed E-state index contributed by atoms with van der Waals surface area (Å²) in [7, 11) is -2.24. The quantitative estimate of drug-likeness (QED) is 0.756. The Balaban J connectivity index is 1.90. The van der Waals surface area contributed by atoms with Gasteiger partial charge in [0.05, 0.1) is 17.6 Å². The number of nitrogens with zero attached hydrogens (tertiary/aromatic N) is 1. The Bertz CT molecular complexity index is 1020. The summed E-state index contributed by atoms with van der Waals surface area (Å²) in [6.07, 6.45) is 1.66. The highest BCUT2D eigenvalue weighted by Crippen LogP contribution is 2.28. The van der Waals surface area contributed by atoms with Crippen molar-refractivity contribution in [2.75, 3.05) is 25.5 Å². The van der Waals surface area contributed by atoms with Gasteiger partial charge >= 0.3 is 0 Å². The van der Waals surface area contributed by atoms with Gasteiger partial charge in [0.2, 0.25) is 10.0 Å². The van der Waals surface area contributed by atoms with Gasteiger partial charge < -0.3 is 10.1 Å². The maximum Gasteiger partial charge on any atom is 0.259 e. The number of carbonyl (C=O) groups excluding carboxylic acids is 1. The van der Waals surface area contributed by atoms with Crippen LogP contribution < -0.4 is 10.1 Å². The van der Waals surface area contributed by atoms with Gasteiger partial charge in [-0.15, -0.1) is 0 Å². The first-order valence-electron chi connectivity index (χ1n) is 9.48. The molecule has 3 rings (SSSR count). The fourth-order valence-electron chi connectivity index (χ4n) is 3.27. The Hall–Kier alpha value is -2.09. The van der Waals surface area contributed by atoms with Crippen LogP contribution in [0.5, 0.6) is 5.75 Å². The molecule has 1 fully saturated rings. The van der Waals surface area contributed by atoms with Gasteiger partial charge in [-0.1, -0.05) is 24.6 Å². The van der Waals surface area contributed by atoms with E-state index in [4.69, 9.17) is 16.3 Å². The minimum atomic E-state index is -3.67. The lowest BCUT2D eigenvalue weighted by atomic mass is 10.0. The smallest absolute Gasteiger partial charge is 0.259 e. The minimum absolute atomic E-state index is 0.0833. The molecule has 1 aliphatic rings. The van der Waals surface area contributed by atoms with E-state index in [0.29, 0.717) is 35.5 Å². The summed E-state index contributed by atoms with van der Waals surface area (Å²) in [4.78, 5) is 12.9. The molecule has 2 aromatic carbocycles. The van der Waals surface area contributed by atoms with E-state index >= 15 is 0 Å². The van der Waals surface area contributed by atoms with Crippen molar-refractivity contribution in [3.05, 3.63) is 52.5 Å². The molecule has 1 amide bonds. The van der Waals surface area contributed by atoms with Crippen LogP contribution in [0.25, 0.3) is 0 Å². The highest BCUT2D eigenvalue weighted by atomic mass is 35.5. The molecule has 0 spiro atoms. The summed E-state index contributed by atoms with van der Waals surface area (Å²) >= 11 is 6.12. The average molecular weight is 437 g/mol. The van der Waals surface area contributed by atoms with Crippen molar-refractivity contribution in [3.63, 3.8) is 0 Å². The Kier molecular flexibility index (Phi) is 6.51. The van der Waals surface area contributed by atoms with Gasteiger partial charge in [-0.25, -0.2) is 8.42 Å². The molecule has 29 heavy (non-hydrogen) atoms. The summed E-state index contributed by atoms with van der Waals surface area (Å²) in [5.74, 6) is 0.345. The molecule has 0 bridgehead atoms. The number of anilines is 1. The molecule has 0 unspecified atom stereocenters. The zero-order valence-electron chi connectivity index (χ0n) is 16.7. The molecule has 0 radical (unpaired) electrons. The molecule has 1 N–H and O–H groups in total. The second-order valence-corrected chi connectivity index (χ2v) is 9.71. The first-order valence-corrected chi connectivity index (χ1v) is 11.3.